The lowest BCUT2D eigenvalue weighted by Crippen LogP contribution is -2.14. The molecule has 1 aromatic heterocycles. The van der Waals surface area contributed by atoms with Crippen molar-refractivity contribution in [1.82, 2.24) is 0 Å². The molecule has 0 fully saturated rings. The van der Waals surface area contributed by atoms with E-state index in [1.54, 1.807) is 12.1 Å². The maximum Gasteiger partial charge on any atom is 0.336 e. The van der Waals surface area contributed by atoms with Gasteiger partial charge in [-0.1, -0.05) is 19.1 Å². The van der Waals surface area contributed by atoms with E-state index in [-0.39, 0.29) is 17.9 Å². The highest BCUT2D eigenvalue weighted by molar-refractivity contribution is 7.91. The number of hydrogen-bond donors (Lipinski definition) is 0. The molecule has 152 valence electrons. The number of aryl methyl sites for hydroxylation is 1. The Balaban J connectivity index is 1.66. The largest absolute Gasteiger partial charge is 0.461 e. The number of carbonyl (C=O) groups is 1. The van der Waals surface area contributed by atoms with Crippen LogP contribution in [-0.2, 0) is 32.4 Å². The monoisotopic (exact) mass is 418 g/mol. The Labute approximate surface area is 166 Å². The minimum absolute atomic E-state index is 0.0647. The van der Waals surface area contributed by atoms with Crippen LogP contribution in [0.15, 0.2) is 62.6 Å². The van der Waals surface area contributed by atoms with Gasteiger partial charge in [-0.15, -0.1) is 0 Å². The Morgan fingerprint density at radius 3 is 2.52 bits per heavy atom. The molecule has 3 rings (SSSR count). The van der Waals surface area contributed by atoms with Crippen LogP contribution < -0.4 is 5.63 Å². The van der Waals surface area contributed by atoms with Gasteiger partial charge < -0.3 is 9.15 Å². The number of fused-ring (bicyclic) bond motifs is 1. The molecule has 0 saturated heterocycles. The topological polar surface area (TPSA) is 90.7 Å². The maximum atomic E-state index is 12.9. The summed E-state index contributed by atoms with van der Waals surface area (Å²) in [6.45, 7) is 1.80. The number of esters is 1. The first-order chi connectivity index (χ1) is 13.8. The Morgan fingerprint density at radius 2 is 1.83 bits per heavy atom. The van der Waals surface area contributed by atoms with E-state index in [1.807, 2.05) is 13.0 Å². The number of sulfone groups is 1. The summed E-state index contributed by atoms with van der Waals surface area (Å²) in [6.07, 6.45) is 0.417. The second kappa shape index (κ2) is 8.57. The van der Waals surface area contributed by atoms with Crippen molar-refractivity contribution in [2.75, 3.05) is 5.75 Å². The Bertz CT molecular complexity index is 1200. The van der Waals surface area contributed by atoms with Crippen molar-refractivity contribution in [2.45, 2.75) is 31.3 Å². The average Bonchev–Trinajstić information content (AvgIpc) is 2.70. The van der Waals surface area contributed by atoms with E-state index in [4.69, 9.17) is 9.15 Å². The molecule has 0 spiro atoms. The van der Waals surface area contributed by atoms with Crippen LogP contribution in [0.3, 0.4) is 0 Å². The lowest BCUT2D eigenvalue weighted by molar-refractivity contribution is -0.144. The van der Waals surface area contributed by atoms with Crippen LogP contribution in [0.4, 0.5) is 4.39 Å². The van der Waals surface area contributed by atoms with Gasteiger partial charge in [0.05, 0.1) is 17.1 Å². The molecule has 0 unspecified atom stereocenters. The van der Waals surface area contributed by atoms with Gasteiger partial charge in [0, 0.05) is 17.0 Å². The first-order valence-corrected chi connectivity index (χ1v) is 10.6. The molecule has 0 bridgehead atoms. The highest BCUT2D eigenvalue weighted by Crippen LogP contribution is 2.20. The van der Waals surface area contributed by atoms with Crippen molar-refractivity contribution in [3.63, 3.8) is 0 Å². The van der Waals surface area contributed by atoms with Crippen LogP contribution in [0.2, 0.25) is 0 Å². The van der Waals surface area contributed by atoms with Gasteiger partial charge in [-0.3, -0.25) is 4.79 Å². The van der Waals surface area contributed by atoms with E-state index in [2.05, 4.69) is 0 Å². The minimum Gasteiger partial charge on any atom is -0.461 e. The highest BCUT2D eigenvalue weighted by Gasteiger charge is 2.18. The molecule has 0 saturated carbocycles. The maximum absolute atomic E-state index is 12.9. The molecule has 2 aromatic carbocycles. The van der Waals surface area contributed by atoms with E-state index in [9.17, 15) is 22.4 Å². The summed E-state index contributed by atoms with van der Waals surface area (Å²) < 4.78 is 47.7. The molecule has 0 radical (unpaired) electrons. The SMILES string of the molecule is CCc1ccc2c(COC(=O)CCS(=O)(=O)c3ccc(F)cc3)cc(=O)oc2c1. The quantitative estimate of drug-likeness (QED) is 0.332. The lowest BCUT2D eigenvalue weighted by atomic mass is 10.1. The van der Waals surface area contributed by atoms with Gasteiger partial charge in [0.15, 0.2) is 9.84 Å². The van der Waals surface area contributed by atoms with Crippen LogP contribution in [0, 0.1) is 5.82 Å². The summed E-state index contributed by atoms with van der Waals surface area (Å²) in [4.78, 5) is 23.7. The third-order valence-electron chi connectivity index (χ3n) is 4.44. The first-order valence-electron chi connectivity index (χ1n) is 8.98. The Kier molecular flexibility index (Phi) is 6.12. The zero-order valence-electron chi connectivity index (χ0n) is 15.7. The number of halogens is 1. The van der Waals surface area contributed by atoms with Crippen molar-refractivity contribution in [3.05, 3.63) is 75.9 Å². The molecule has 0 aliphatic carbocycles. The molecule has 0 aliphatic rings. The molecule has 0 amide bonds. The minimum atomic E-state index is -3.74. The number of carbonyl (C=O) groups excluding carboxylic acids is 1. The smallest absolute Gasteiger partial charge is 0.336 e. The fourth-order valence-corrected chi connectivity index (χ4v) is 4.04. The average molecular weight is 418 g/mol. The highest BCUT2D eigenvalue weighted by atomic mass is 32.2. The number of ether oxygens (including phenoxy) is 1. The zero-order valence-corrected chi connectivity index (χ0v) is 16.5. The molecular weight excluding hydrogens is 399 g/mol. The van der Waals surface area contributed by atoms with E-state index in [0.717, 1.165) is 36.2 Å². The van der Waals surface area contributed by atoms with Gasteiger partial charge in [-0.2, -0.15) is 0 Å². The second-order valence-electron chi connectivity index (χ2n) is 6.46. The van der Waals surface area contributed by atoms with E-state index < -0.39 is 33.0 Å². The van der Waals surface area contributed by atoms with Crippen molar-refractivity contribution in [3.8, 4) is 0 Å². The summed E-state index contributed by atoms with van der Waals surface area (Å²) in [5.41, 5.74) is 1.33. The number of benzene rings is 2. The Morgan fingerprint density at radius 1 is 1.10 bits per heavy atom. The van der Waals surface area contributed by atoms with Crippen LogP contribution >= 0.6 is 0 Å². The lowest BCUT2D eigenvalue weighted by Gasteiger charge is -2.08. The van der Waals surface area contributed by atoms with Gasteiger partial charge in [0.25, 0.3) is 0 Å². The van der Waals surface area contributed by atoms with Crippen LogP contribution in [0.25, 0.3) is 11.0 Å². The molecular formula is C21H19FO6S. The summed E-state index contributed by atoms with van der Waals surface area (Å²) in [7, 11) is -3.74. The number of hydrogen-bond acceptors (Lipinski definition) is 6. The van der Waals surface area contributed by atoms with Crippen LogP contribution in [0.5, 0.6) is 0 Å². The van der Waals surface area contributed by atoms with Crippen molar-refractivity contribution >= 4 is 26.8 Å². The standard InChI is InChI=1S/C21H19FO6S/c1-2-14-3-8-18-15(12-21(24)28-19(18)11-14)13-27-20(23)9-10-29(25,26)17-6-4-16(22)5-7-17/h3-8,11-12H,2,9-10,13H2,1H3. The van der Waals surface area contributed by atoms with Gasteiger partial charge in [0.1, 0.15) is 18.0 Å². The fourth-order valence-electron chi connectivity index (χ4n) is 2.82. The summed E-state index contributed by atoms with van der Waals surface area (Å²) in [5.74, 6) is -1.73. The summed E-state index contributed by atoms with van der Waals surface area (Å²) >= 11 is 0. The third kappa shape index (κ3) is 5.08. The molecule has 0 N–H and O–H groups in total. The van der Waals surface area contributed by atoms with Gasteiger partial charge >= 0.3 is 11.6 Å². The fraction of sp³-hybridized carbons (Fsp3) is 0.238. The van der Waals surface area contributed by atoms with Gasteiger partial charge in [0.2, 0.25) is 0 Å². The van der Waals surface area contributed by atoms with E-state index in [0.29, 0.717) is 16.5 Å². The zero-order chi connectivity index (χ0) is 21.0. The van der Waals surface area contributed by atoms with Crippen molar-refractivity contribution in [2.24, 2.45) is 0 Å². The molecule has 1 heterocycles. The first kappa shape index (κ1) is 20.7. The second-order valence-corrected chi connectivity index (χ2v) is 8.57. The van der Waals surface area contributed by atoms with E-state index >= 15 is 0 Å². The normalized spacial score (nSPS) is 11.5. The third-order valence-corrected chi connectivity index (χ3v) is 6.17. The predicted octanol–water partition coefficient (Wildman–Crippen LogP) is 3.40. The molecule has 0 atom stereocenters. The van der Waals surface area contributed by atoms with Crippen molar-refractivity contribution < 1.29 is 26.8 Å². The van der Waals surface area contributed by atoms with Gasteiger partial charge in [-0.25, -0.2) is 17.6 Å². The molecule has 3 aromatic rings. The van der Waals surface area contributed by atoms with Gasteiger partial charge in [-0.05, 0) is 42.3 Å². The van der Waals surface area contributed by atoms with Crippen molar-refractivity contribution in [1.29, 1.82) is 0 Å². The Hall–Kier alpha value is -3.00. The molecule has 8 heteroatoms. The molecule has 6 nitrogen and oxygen atoms in total. The molecule has 0 aliphatic heterocycles. The summed E-state index contributed by atoms with van der Waals surface area (Å²) in [6, 6.07) is 11.1. The summed E-state index contributed by atoms with van der Waals surface area (Å²) in [5, 5.41) is 0.647. The number of rotatable bonds is 7. The van der Waals surface area contributed by atoms with Crippen LogP contribution in [-0.4, -0.2) is 20.1 Å². The predicted molar refractivity (Wildman–Crippen MR) is 105 cm³/mol. The van der Waals surface area contributed by atoms with Crippen LogP contribution in [0.1, 0.15) is 24.5 Å². The molecule has 29 heavy (non-hydrogen) atoms. The van der Waals surface area contributed by atoms with E-state index in [1.165, 1.54) is 6.07 Å².